The molecular weight excluding hydrogens is 373 g/mol. The summed E-state index contributed by atoms with van der Waals surface area (Å²) in [7, 11) is 1.68. The fourth-order valence-corrected chi connectivity index (χ4v) is 3.20. The number of anilines is 1. The molecule has 2 rings (SSSR count). The lowest BCUT2D eigenvalue weighted by atomic mass is 10.1. The maximum absolute atomic E-state index is 6.26. The van der Waals surface area contributed by atoms with Crippen molar-refractivity contribution in [2.75, 3.05) is 12.4 Å². The molecule has 0 saturated heterocycles. The van der Waals surface area contributed by atoms with Gasteiger partial charge < -0.3 is 10.1 Å². The molecule has 0 aliphatic heterocycles. The highest BCUT2D eigenvalue weighted by Crippen LogP contribution is 2.31. The molecular formula is C16H16BrCl2NO. The second-order valence-corrected chi connectivity index (χ2v) is 6.43. The van der Waals surface area contributed by atoms with Gasteiger partial charge in [-0.05, 0) is 36.8 Å². The van der Waals surface area contributed by atoms with Gasteiger partial charge in [0.15, 0.2) is 0 Å². The molecule has 21 heavy (non-hydrogen) atoms. The monoisotopic (exact) mass is 387 g/mol. The van der Waals surface area contributed by atoms with Gasteiger partial charge in [-0.2, -0.15) is 0 Å². The van der Waals surface area contributed by atoms with E-state index in [9.17, 15) is 0 Å². The molecule has 1 atom stereocenters. The zero-order valence-corrected chi connectivity index (χ0v) is 14.9. The Bertz CT molecular complexity index is 634. The molecule has 2 aromatic rings. The third kappa shape index (κ3) is 4.13. The number of hydrogen-bond acceptors (Lipinski definition) is 2. The van der Waals surface area contributed by atoms with E-state index in [2.05, 4.69) is 28.2 Å². The lowest BCUT2D eigenvalue weighted by molar-refractivity contribution is 0.185. The van der Waals surface area contributed by atoms with Crippen LogP contribution in [0.25, 0.3) is 0 Å². The average Bonchev–Trinajstić information content (AvgIpc) is 2.42. The van der Waals surface area contributed by atoms with E-state index >= 15 is 0 Å². The van der Waals surface area contributed by atoms with Crippen LogP contribution in [0.4, 0.5) is 5.69 Å². The molecule has 1 N–H and O–H groups in total. The Morgan fingerprint density at radius 1 is 1.24 bits per heavy atom. The van der Waals surface area contributed by atoms with Gasteiger partial charge in [-0.15, -0.1) is 0 Å². The first-order chi connectivity index (χ1) is 10.0. The molecule has 0 aliphatic rings. The van der Waals surface area contributed by atoms with E-state index in [1.54, 1.807) is 13.2 Å². The molecule has 0 saturated carbocycles. The van der Waals surface area contributed by atoms with Crippen molar-refractivity contribution >= 4 is 44.8 Å². The first-order valence-electron chi connectivity index (χ1n) is 6.50. The van der Waals surface area contributed by atoms with Gasteiger partial charge in [0.05, 0.1) is 12.6 Å². The number of nitrogens with one attached hydrogen (secondary N) is 1. The summed E-state index contributed by atoms with van der Waals surface area (Å²) in [5.74, 6) is 0. The van der Waals surface area contributed by atoms with Crippen molar-refractivity contribution in [1.29, 1.82) is 0 Å². The molecule has 0 amide bonds. The van der Waals surface area contributed by atoms with Crippen LogP contribution in [0.3, 0.4) is 0 Å². The van der Waals surface area contributed by atoms with Crippen LogP contribution in [-0.2, 0) is 11.3 Å². The Balaban J connectivity index is 2.27. The number of halogens is 3. The van der Waals surface area contributed by atoms with Gasteiger partial charge in [0.25, 0.3) is 0 Å². The summed E-state index contributed by atoms with van der Waals surface area (Å²) in [4.78, 5) is 0. The molecule has 2 aromatic carbocycles. The second-order valence-electron chi connectivity index (χ2n) is 4.73. The molecule has 112 valence electrons. The van der Waals surface area contributed by atoms with Crippen molar-refractivity contribution in [2.24, 2.45) is 0 Å². The number of ether oxygens (including phenoxy) is 1. The number of methoxy groups -OCH3 is 1. The zero-order chi connectivity index (χ0) is 15.4. The third-order valence-corrected chi connectivity index (χ3v) is 4.51. The van der Waals surface area contributed by atoms with Gasteiger partial charge in [-0.3, -0.25) is 0 Å². The molecule has 0 heterocycles. The summed E-state index contributed by atoms with van der Waals surface area (Å²) in [6.07, 6.45) is 0. The number of benzene rings is 2. The number of hydrogen-bond donors (Lipinski definition) is 1. The molecule has 2 nitrogen and oxygen atoms in total. The normalized spacial score (nSPS) is 12.2. The van der Waals surface area contributed by atoms with Gasteiger partial charge in [0.1, 0.15) is 0 Å². The Morgan fingerprint density at radius 3 is 2.67 bits per heavy atom. The van der Waals surface area contributed by atoms with Crippen LogP contribution in [0.2, 0.25) is 10.0 Å². The first kappa shape index (κ1) is 16.6. The summed E-state index contributed by atoms with van der Waals surface area (Å²) in [6.45, 7) is 2.59. The van der Waals surface area contributed by atoms with Crippen molar-refractivity contribution in [3.63, 3.8) is 0 Å². The molecule has 0 bridgehead atoms. The largest absolute Gasteiger partial charge is 0.380 e. The van der Waals surface area contributed by atoms with Crippen molar-refractivity contribution in [3.8, 4) is 0 Å². The van der Waals surface area contributed by atoms with Gasteiger partial charge in [-0.1, -0.05) is 51.3 Å². The van der Waals surface area contributed by atoms with E-state index < -0.39 is 0 Å². The summed E-state index contributed by atoms with van der Waals surface area (Å²) in [6, 6.07) is 11.6. The van der Waals surface area contributed by atoms with Crippen molar-refractivity contribution in [2.45, 2.75) is 19.6 Å². The maximum Gasteiger partial charge on any atom is 0.0744 e. The highest BCUT2D eigenvalue weighted by atomic mass is 79.9. The highest BCUT2D eigenvalue weighted by Gasteiger charge is 2.13. The fourth-order valence-electron chi connectivity index (χ4n) is 2.15. The Morgan fingerprint density at radius 2 is 2.00 bits per heavy atom. The molecule has 0 fully saturated rings. The van der Waals surface area contributed by atoms with E-state index in [1.165, 1.54) is 0 Å². The molecule has 5 heteroatoms. The van der Waals surface area contributed by atoms with Crippen LogP contribution >= 0.6 is 39.1 Å². The van der Waals surface area contributed by atoms with E-state index in [-0.39, 0.29) is 6.04 Å². The van der Waals surface area contributed by atoms with Crippen molar-refractivity contribution < 1.29 is 4.74 Å². The van der Waals surface area contributed by atoms with Crippen LogP contribution in [0.1, 0.15) is 24.1 Å². The van der Waals surface area contributed by atoms with Gasteiger partial charge in [0.2, 0.25) is 0 Å². The predicted octanol–water partition coefficient (Wildman–Crippen LogP) is 6.08. The highest BCUT2D eigenvalue weighted by molar-refractivity contribution is 9.10. The standard InChI is InChI=1S/C16H16BrCl2NO/c1-10(12-7-6-11(18)8-15(12)19)20-16-5-3-4-14(17)13(16)9-21-2/h3-8,10,20H,9H2,1-2H3. The fraction of sp³-hybridized carbons (Fsp3) is 0.250. The van der Waals surface area contributed by atoms with Gasteiger partial charge in [0, 0.05) is 32.9 Å². The Hall–Kier alpha value is -0.740. The van der Waals surface area contributed by atoms with Gasteiger partial charge in [-0.25, -0.2) is 0 Å². The summed E-state index contributed by atoms with van der Waals surface area (Å²) >= 11 is 15.8. The second kappa shape index (κ2) is 7.50. The van der Waals surface area contributed by atoms with E-state index in [4.69, 9.17) is 27.9 Å². The van der Waals surface area contributed by atoms with Crippen LogP contribution in [-0.4, -0.2) is 7.11 Å². The SMILES string of the molecule is COCc1c(Br)cccc1NC(C)c1ccc(Cl)cc1Cl. The minimum atomic E-state index is 0.0553. The van der Waals surface area contributed by atoms with Crippen LogP contribution in [0.15, 0.2) is 40.9 Å². The minimum Gasteiger partial charge on any atom is -0.380 e. The van der Waals surface area contributed by atoms with Crippen molar-refractivity contribution in [1.82, 2.24) is 0 Å². The molecule has 0 radical (unpaired) electrons. The predicted molar refractivity (Wildman–Crippen MR) is 93.4 cm³/mol. The summed E-state index contributed by atoms with van der Waals surface area (Å²) in [5.41, 5.74) is 3.10. The summed E-state index contributed by atoms with van der Waals surface area (Å²) < 4.78 is 6.28. The summed E-state index contributed by atoms with van der Waals surface area (Å²) in [5, 5.41) is 4.77. The molecule has 0 aliphatic carbocycles. The number of rotatable bonds is 5. The molecule has 0 spiro atoms. The first-order valence-corrected chi connectivity index (χ1v) is 8.05. The van der Waals surface area contributed by atoms with Crippen LogP contribution in [0, 0.1) is 0 Å². The van der Waals surface area contributed by atoms with E-state index in [0.29, 0.717) is 16.7 Å². The maximum atomic E-state index is 6.26. The lowest BCUT2D eigenvalue weighted by Crippen LogP contribution is -2.09. The van der Waals surface area contributed by atoms with E-state index in [0.717, 1.165) is 21.3 Å². The Labute approximate surface area is 143 Å². The Kier molecular flexibility index (Phi) is 5.94. The average molecular weight is 389 g/mol. The van der Waals surface area contributed by atoms with Crippen LogP contribution in [0.5, 0.6) is 0 Å². The minimum absolute atomic E-state index is 0.0553. The van der Waals surface area contributed by atoms with Gasteiger partial charge >= 0.3 is 0 Å². The lowest BCUT2D eigenvalue weighted by Gasteiger charge is -2.20. The van der Waals surface area contributed by atoms with E-state index in [1.807, 2.05) is 30.3 Å². The third-order valence-electron chi connectivity index (χ3n) is 3.21. The smallest absolute Gasteiger partial charge is 0.0744 e. The van der Waals surface area contributed by atoms with Crippen molar-refractivity contribution in [3.05, 3.63) is 62.0 Å². The van der Waals surface area contributed by atoms with Crippen LogP contribution < -0.4 is 5.32 Å². The quantitative estimate of drug-likeness (QED) is 0.670. The topological polar surface area (TPSA) is 21.3 Å². The zero-order valence-electron chi connectivity index (χ0n) is 11.8. The molecule has 0 aromatic heterocycles. The molecule has 1 unspecified atom stereocenters.